The highest BCUT2D eigenvalue weighted by Gasteiger charge is 2.44. The van der Waals surface area contributed by atoms with Crippen LogP contribution in [0.5, 0.6) is 0 Å². The lowest BCUT2D eigenvalue weighted by atomic mass is 9.77. The number of likely N-dealkylation sites (N-methyl/N-ethyl adjacent to an activating group) is 1. The number of nitrogens with zero attached hydrogens (tertiary/aromatic N) is 1. The predicted molar refractivity (Wildman–Crippen MR) is 56.3 cm³/mol. The lowest BCUT2D eigenvalue weighted by Crippen LogP contribution is -2.64. The lowest BCUT2D eigenvalue weighted by molar-refractivity contribution is -0.924. The fourth-order valence-corrected chi connectivity index (χ4v) is 2.45. The Labute approximate surface area is 81.7 Å². The number of hydrogen-bond acceptors (Lipinski definition) is 2. The third kappa shape index (κ3) is 2.03. The molecule has 1 aliphatic carbocycles. The van der Waals surface area contributed by atoms with E-state index in [0.29, 0.717) is 6.04 Å². The maximum Gasteiger partial charge on any atom is 0.112 e. The normalized spacial score (nSPS) is 36.2. The second-order valence-corrected chi connectivity index (χ2v) is 5.30. The number of quaternary nitrogens is 1. The molecular weight excluding hydrogens is 162 g/mol. The van der Waals surface area contributed by atoms with Crippen LogP contribution in [-0.4, -0.2) is 43.8 Å². The van der Waals surface area contributed by atoms with Crippen molar-refractivity contribution in [3.63, 3.8) is 0 Å². The minimum absolute atomic E-state index is 0.220. The molecule has 3 nitrogen and oxygen atoms in total. The second-order valence-electron chi connectivity index (χ2n) is 5.30. The molecule has 1 fully saturated rings. The van der Waals surface area contributed by atoms with Gasteiger partial charge in [0.15, 0.2) is 0 Å². The molecule has 0 aromatic heterocycles. The van der Waals surface area contributed by atoms with E-state index in [2.05, 4.69) is 21.1 Å². The van der Waals surface area contributed by atoms with Crippen LogP contribution in [0.4, 0.5) is 0 Å². The molecule has 0 saturated heterocycles. The number of hydrogen-bond donors (Lipinski definition) is 2. The summed E-state index contributed by atoms with van der Waals surface area (Å²) in [6.07, 6.45) is 4.70. The van der Waals surface area contributed by atoms with E-state index >= 15 is 0 Å². The van der Waals surface area contributed by atoms with Crippen molar-refractivity contribution in [1.29, 1.82) is 0 Å². The third-order valence-electron chi connectivity index (χ3n) is 3.66. The van der Waals surface area contributed by atoms with Crippen LogP contribution >= 0.6 is 0 Å². The van der Waals surface area contributed by atoms with Crippen LogP contribution in [0.1, 0.15) is 25.7 Å². The maximum atomic E-state index is 6.02. The molecule has 0 amide bonds. The molecule has 3 heteroatoms. The zero-order valence-electron chi connectivity index (χ0n) is 9.21. The molecule has 0 aliphatic heterocycles. The SMILES string of the molecule is C[N+](C)(C)C1(CN)CCCC(N)C1. The Bertz CT molecular complexity index is 173. The molecule has 2 unspecified atom stereocenters. The Kier molecular flexibility index (Phi) is 3.00. The molecule has 0 heterocycles. The minimum atomic E-state index is 0.220. The van der Waals surface area contributed by atoms with Crippen molar-refractivity contribution in [2.24, 2.45) is 11.5 Å². The fourth-order valence-electron chi connectivity index (χ4n) is 2.45. The monoisotopic (exact) mass is 186 g/mol. The van der Waals surface area contributed by atoms with Gasteiger partial charge >= 0.3 is 0 Å². The van der Waals surface area contributed by atoms with Crippen LogP contribution in [0.15, 0.2) is 0 Å². The van der Waals surface area contributed by atoms with E-state index in [1.54, 1.807) is 0 Å². The van der Waals surface area contributed by atoms with Gasteiger partial charge in [-0.2, -0.15) is 0 Å². The van der Waals surface area contributed by atoms with Crippen molar-refractivity contribution in [3.05, 3.63) is 0 Å². The van der Waals surface area contributed by atoms with Gasteiger partial charge in [0.25, 0.3) is 0 Å². The van der Waals surface area contributed by atoms with Crippen LogP contribution in [-0.2, 0) is 0 Å². The van der Waals surface area contributed by atoms with Gasteiger partial charge in [0.2, 0.25) is 0 Å². The van der Waals surface area contributed by atoms with E-state index in [9.17, 15) is 0 Å². The Morgan fingerprint density at radius 3 is 2.31 bits per heavy atom. The first kappa shape index (κ1) is 11.0. The molecule has 0 bridgehead atoms. The van der Waals surface area contributed by atoms with Crippen LogP contribution < -0.4 is 11.5 Å². The third-order valence-corrected chi connectivity index (χ3v) is 3.66. The summed E-state index contributed by atoms with van der Waals surface area (Å²) in [4.78, 5) is 0. The summed E-state index contributed by atoms with van der Waals surface area (Å²) in [7, 11) is 6.68. The molecule has 78 valence electrons. The predicted octanol–water partition coefficient (Wildman–Crippen LogP) is 0.291. The second kappa shape index (κ2) is 3.56. The first-order chi connectivity index (χ1) is 5.91. The van der Waals surface area contributed by atoms with Gasteiger partial charge in [0, 0.05) is 25.4 Å². The Hall–Kier alpha value is -0.120. The summed E-state index contributed by atoms with van der Waals surface area (Å²) in [6, 6.07) is 0.356. The van der Waals surface area contributed by atoms with Gasteiger partial charge in [0.05, 0.1) is 21.1 Å². The first-order valence-electron chi connectivity index (χ1n) is 5.18. The van der Waals surface area contributed by atoms with Crippen LogP contribution in [0, 0.1) is 0 Å². The number of nitrogens with two attached hydrogens (primary N) is 2. The molecule has 2 atom stereocenters. The average Bonchev–Trinajstić information content (AvgIpc) is 2.02. The van der Waals surface area contributed by atoms with E-state index < -0.39 is 0 Å². The molecule has 0 spiro atoms. The van der Waals surface area contributed by atoms with Crippen molar-refractivity contribution < 1.29 is 4.48 Å². The standard InChI is InChI=1S/C10H24N3/c1-13(2,3)10(8-11)6-4-5-9(12)7-10/h9H,4-8,11-12H2,1-3H3/q+1. The van der Waals surface area contributed by atoms with Gasteiger partial charge in [-0.25, -0.2) is 0 Å². The summed E-state index contributed by atoms with van der Waals surface area (Å²) in [5, 5.41) is 0. The fraction of sp³-hybridized carbons (Fsp3) is 1.00. The first-order valence-corrected chi connectivity index (χ1v) is 5.18. The van der Waals surface area contributed by atoms with Crippen molar-refractivity contribution in [2.45, 2.75) is 37.3 Å². The van der Waals surface area contributed by atoms with Crippen molar-refractivity contribution >= 4 is 0 Å². The molecule has 0 radical (unpaired) electrons. The minimum Gasteiger partial charge on any atom is -0.327 e. The summed E-state index contributed by atoms with van der Waals surface area (Å²) < 4.78 is 0.942. The van der Waals surface area contributed by atoms with Gasteiger partial charge < -0.3 is 16.0 Å². The summed E-state index contributed by atoms with van der Waals surface area (Å²) >= 11 is 0. The quantitative estimate of drug-likeness (QED) is 0.609. The van der Waals surface area contributed by atoms with Gasteiger partial charge in [0.1, 0.15) is 5.54 Å². The van der Waals surface area contributed by atoms with E-state index in [1.165, 1.54) is 19.3 Å². The van der Waals surface area contributed by atoms with E-state index in [4.69, 9.17) is 11.5 Å². The highest BCUT2D eigenvalue weighted by molar-refractivity contribution is 4.90. The smallest absolute Gasteiger partial charge is 0.112 e. The molecule has 13 heavy (non-hydrogen) atoms. The van der Waals surface area contributed by atoms with Gasteiger partial charge in [-0.15, -0.1) is 0 Å². The van der Waals surface area contributed by atoms with Crippen molar-refractivity contribution in [1.82, 2.24) is 0 Å². The van der Waals surface area contributed by atoms with Crippen molar-refractivity contribution in [3.8, 4) is 0 Å². The Morgan fingerprint density at radius 1 is 1.38 bits per heavy atom. The molecule has 0 aromatic carbocycles. The molecule has 1 rings (SSSR count). The molecule has 0 aromatic rings. The summed E-state index contributed by atoms with van der Waals surface area (Å²) in [6.45, 7) is 0.754. The Morgan fingerprint density at radius 2 is 2.00 bits per heavy atom. The lowest BCUT2D eigenvalue weighted by Gasteiger charge is -2.49. The molecule has 1 aliphatic rings. The molecule has 1 saturated carbocycles. The highest BCUT2D eigenvalue weighted by Crippen LogP contribution is 2.34. The maximum absolute atomic E-state index is 6.02. The van der Waals surface area contributed by atoms with E-state index in [1.807, 2.05) is 0 Å². The zero-order valence-corrected chi connectivity index (χ0v) is 9.21. The van der Waals surface area contributed by atoms with Crippen LogP contribution in [0.25, 0.3) is 0 Å². The molecule has 4 N–H and O–H groups in total. The summed E-state index contributed by atoms with van der Waals surface area (Å²) in [5.41, 5.74) is 12.2. The van der Waals surface area contributed by atoms with Gasteiger partial charge in [-0.3, -0.25) is 0 Å². The highest BCUT2D eigenvalue weighted by atomic mass is 15.4. The largest absolute Gasteiger partial charge is 0.327 e. The van der Waals surface area contributed by atoms with Gasteiger partial charge in [-0.1, -0.05) is 0 Å². The van der Waals surface area contributed by atoms with Crippen molar-refractivity contribution in [2.75, 3.05) is 27.7 Å². The zero-order chi connectivity index (χ0) is 10.1. The van der Waals surface area contributed by atoms with Gasteiger partial charge in [-0.05, 0) is 12.8 Å². The average molecular weight is 186 g/mol. The molecular formula is C10H24N3+. The topological polar surface area (TPSA) is 52.0 Å². The van der Waals surface area contributed by atoms with Crippen LogP contribution in [0.2, 0.25) is 0 Å². The number of rotatable bonds is 2. The van der Waals surface area contributed by atoms with E-state index in [0.717, 1.165) is 17.4 Å². The Balaban J connectivity index is 2.79. The summed E-state index contributed by atoms with van der Waals surface area (Å²) in [5.74, 6) is 0. The van der Waals surface area contributed by atoms with Crippen LogP contribution in [0.3, 0.4) is 0 Å². The van der Waals surface area contributed by atoms with E-state index in [-0.39, 0.29) is 5.54 Å².